The Morgan fingerprint density at radius 3 is 2.52 bits per heavy atom. The molecule has 23 heavy (non-hydrogen) atoms. The average molecular weight is 362 g/mol. The topological polar surface area (TPSA) is 15.8 Å². The molecule has 0 unspecified atom stereocenters. The van der Waals surface area contributed by atoms with Gasteiger partial charge < -0.3 is 4.98 Å². The van der Waals surface area contributed by atoms with Gasteiger partial charge in [-0.2, -0.15) is 0 Å². The minimum atomic E-state index is 0.0513. The van der Waals surface area contributed by atoms with Crippen molar-refractivity contribution in [2.45, 2.75) is 19.3 Å². The smallest absolute Gasteiger partial charge is 0.0471 e. The van der Waals surface area contributed by atoms with Gasteiger partial charge in [-0.3, -0.25) is 0 Å². The Labute approximate surface area is 143 Å². The molecule has 2 heteroatoms. The summed E-state index contributed by atoms with van der Waals surface area (Å²) in [7, 11) is 0. The van der Waals surface area contributed by atoms with Gasteiger partial charge in [0.1, 0.15) is 0 Å². The van der Waals surface area contributed by atoms with Crippen LogP contribution in [0.25, 0.3) is 32.9 Å². The molecule has 1 nitrogen and oxygen atoms in total. The molecule has 0 saturated carbocycles. The number of fused-ring (bicyclic) bond motifs is 7. The van der Waals surface area contributed by atoms with Crippen LogP contribution in [0.2, 0.25) is 0 Å². The molecule has 0 aliphatic heterocycles. The molecule has 0 radical (unpaired) electrons. The van der Waals surface area contributed by atoms with E-state index >= 15 is 0 Å². The van der Waals surface area contributed by atoms with Gasteiger partial charge in [0.05, 0.1) is 0 Å². The maximum atomic E-state index is 3.62. The van der Waals surface area contributed by atoms with Crippen molar-refractivity contribution in [3.05, 3.63) is 70.2 Å². The Balaban J connectivity index is 2.04. The van der Waals surface area contributed by atoms with E-state index in [1.54, 1.807) is 0 Å². The predicted molar refractivity (Wildman–Crippen MR) is 101 cm³/mol. The quantitative estimate of drug-likeness (QED) is 0.373. The van der Waals surface area contributed by atoms with Crippen LogP contribution >= 0.6 is 15.9 Å². The summed E-state index contributed by atoms with van der Waals surface area (Å²) in [5.74, 6) is 0. The molecule has 0 saturated heterocycles. The predicted octanol–water partition coefficient (Wildman–Crippen LogP) is 6.39. The highest BCUT2D eigenvalue weighted by atomic mass is 79.9. The Kier molecular flexibility index (Phi) is 2.48. The molecule has 0 amide bonds. The number of nitrogens with one attached hydrogen (secondary N) is 1. The van der Waals surface area contributed by atoms with Gasteiger partial charge in [-0.15, -0.1) is 0 Å². The largest absolute Gasteiger partial charge is 0.354 e. The zero-order valence-electron chi connectivity index (χ0n) is 13.1. The molecular weight excluding hydrogens is 346 g/mol. The van der Waals surface area contributed by atoms with Gasteiger partial charge in [-0.1, -0.05) is 60.1 Å². The van der Waals surface area contributed by atoms with Crippen LogP contribution in [0.3, 0.4) is 0 Å². The first-order chi connectivity index (χ1) is 11.1. The number of benzene rings is 3. The van der Waals surface area contributed by atoms with Gasteiger partial charge in [0.25, 0.3) is 0 Å². The Morgan fingerprint density at radius 1 is 0.870 bits per heavy atom. The maximum absolute atomic E-state index is 3.62. The van der Waals surface area contributed by atoms with Crippen LogP contribution in [0, 0.1) is 0 Å². The zero-order chi connectivity index (χ0) is 15.8. The number of H-pyrrole nitrogens is 1. The fourth-order valence-electron chi connectivity index (χ4n) is 4.16. The van der Waals surface area contributed by atoms with Gasteiger partial charge in [0, 0.05) is 31.7 Å². The van der Waals surface area contributed by atoms with Gasteiger partial charge >= 0.3 is 0 Å². The molecule has 0 fully saturated rings. The summed E-state index contributed by atoms with van der Waals surface area (Å²) in [5, 5.41) is 2.63. The number of aromatic nitrogens is 1. The van der Waals surface area contributed by atoms with E-state index in [0.29, 0.717) is 0 Å². The highest BCUT2D eigenvalue weighted by molar-refractivity contribution is 9.10. The summed E-state index contributed by atoms with van der Waals surface area (Å²) in [6.45, 7) is 4.66. The monoisotopic (exact) mass is 361 g/mol. The van der Waals surface area contributed by atoms with E-state index < -0.39 is 0 Å². The lowest BCUT2D eigenvalue weighted by Gasteiger charge is -2.21. The van der Waals surface area contributed by atoms with Crippen molar-refractivity contribution >= 4 is 37.7 Å². The third-order valence-electron chi connectivity index (χ3n) is 5.27. The minimum absolute atomic E-state index is 0.0513. The lowest BCUT2D eigenvalue weighted by atomic mass is 9.82. The summed E-state index contributed by atoms with van der Waals surface area (Å²) in [5.41, 5.74) is 8.07. The molecule has 1 aliphatic rings. The summed E-state index contributed by atoms with van der Waals surface area (Å²) in [6, 6.07) is 19.8. The fourth-order valence-corrected chi connectivity index (χ4v) is 4.52. The van der Waals surface area contributed by atoms with Crippen LogP contribution in [-0.2, 0) is 5.41 Å². The van der Waals surface area contributed by atoms with Crippen molar-refractivity contribution in [2.75, 3.05) is 0 Å². The molecule has 1 aliphatic carbocycles. The first-order valence-corrected chi connectivity index (χ1v) is 8.71. The van der Waals surface area contributed by atoms with Crippen LogP contribution < -0.4 is 0 Å². The Bertz CT molecular complexity index is 1100. The normalized spacial score (nSPS) is 15.1. The van der Waals surface area contributed by atoms with E-state index in [1.807, 2.05) is 0 Å². The third-order valence-corrected chi connectivity index (χ3v) is 5.76. The Hall–Kier alpha value is -2.06. The highest BCUT2D eigenvalue weighted by Crippen LogP contribution is 2.52. The van der Waals surface area contributed by atoms with Crippen LogP contribution in [0.15, 0.2) is 59.1 Å². The first kappa shape index (κ1) is 13.4. The standard InChI is InChI=1S/C21H16BrN/c1-21(2)15-6-4-3-5-13(15)19-16(21)8-10-18-20(19)14-11-12(22)7-9-17(14)23-18/h3-11,23H,1-2H3. The molecule has 3 aromatic carbocycles. The number of halogens is 1. The molecule has 1 heterocycles. The third kappa shape index (κ3) is 1.62. The summed E-state index contributed by atoms with van der Waals surface area (Å²) in [4.78, 5) is 3.57. The van der Waals surface area contributed by atoms with E-state index in [2.05, 4.69) is 89.4 Å². The fraction of sp³-hybridized carbons (Fsp3) is 0.143. The molecular formula is C21H16BrN. The van der Waals surface area contributed by atoms with Crippen molar-refractivity contribution in [3.63, 3.8) is 0 Å². The van der Waals surface area contributed by atoms with E-state index in [9.17, 15) is 0 Å². The van der Waals surface area contributed by atoms with Crippen molar-refractivity contribution in [1.82, 2.24) is 4.98 Å². The van der Waals surface area contributed by atoms with Crippen LogP contribution in [0.4, 0.5) is 0 Å². The zero-order valence-corrected chi connectivity index (χ0v) is 14.7. The second-order valence-corrected chi connectivity index (χ2v) is 7.81. The number of hydrogen-bond donors (Lipinski definition) is 1. The molecule has 4 aromatic rings. The second kappa shape index (κ2) is 4.27. The van der Waals surface area contributed by atoms with E-state index in [4.69, 9.17) is 0 Å². The SMILES string of the molecule is CC1(C)c2ccccc2-c2c1ccc1[nH]c3ccc(Br)cc3c21. The molecule has 0 spiro atoms. The van der Waals surface area contributed by atoms with Crippen molar-refractivity contribution < 1.29 is 0 Å². The van der Waals surface area contributed by atoms with E-state index in [-0.39, 0.29) is 5.41 Å². The number of rotatable bonds is 0. The Morgan fingerprint density at radius 2 is 1.65 bits per heavy atom. The van der Waals surface area contributed by atoms with Gasteiger partial charge in [0.2, 0.25) is 0 Å². The average Bonchev–Trinajstić information content (AvgIpc) is 3.01. The van der Waals surface area contributed by atoms with Gasteiger partial charge in [0.15, 0.2) is 0 Å². The molecule has 5 rings (SSSR count). The lowest BCUT2D eigenvalue weighted by Crippen LogP contribution is -2.14. The van der Waals surface area contributed by atoms with Crippen molar-refractivity contribution in [2.24, 2.45) is 0 Å². The molecule has 0 atom stereocenters. The molecule has 112 valence electrons. The lowest BCUT2D eigenvalue weighted by molar-refractivity contribution is 0.661. The first-order valence-electron chi connectivity index (χ1n) is 7.92. The minimum Gasteiger partial charge on any atom is -0.354 e. The molecule has 1 N–H and O–H groups in total. The van der Waals surface area contributed by atoms with Gasteiger partial charge in [-0.05, 0) is 46.5 Å². The molecule has 0 bridgehead atoms. The number of aromatic amines is 1. The van der Waals surface area contributed by atoms with E-state index in [0.717, 1.165) is 4.47 Å². The highest BCUT2D eigenvalue weighted by Gasteiger charge is 2.36. The summed E-state index contributed by atoms with van der Waals surface area (Å²) in [6.07, 6.45) is 0. The molecule has 1 aromatic heterocycles. The van der Waals surface area contributed by atoms with Crippen LogP contribution in [0.5, 0.6) is 0 Å². The van der Waals surface area contributed by atoms with Crippen LogP contribution in [-0.4, -0.2) is 4.98 Å². The van der Waals surface area contributed by atoms with Crippen molar-refractivity contribution in [1.29, 1.82) is 0 Å². The summed E-state index contributed by atoms with van der Waals surface area (Å²) >= 11 is 3.62. The number of hydrogen-bond acceptors (Lipinski definition) is 0. The van der Waals surface area contributed by atoms with Crippen LogP contribution in [0.1, 0.15) is 25.0 Å². The summed E-state index contributed by atoms with van der Waals surface area (Å²) < 4.78 is 1.12. The van der Waals surface area contributed by atoms with E-state index in [1.165, 1.54) is 44.1 Å². The van der Waals surface area contributed by atoms with Crippen molar-refractivity contribution in [3.8, 4) is 11.1 Å². The maximum Gasteiger partial charge on any atom is 0.0471 e. The second-order valence-electron chi connectivity index (χ2n) is 6.90. The van der Waals surface area contributed by atoms with Gasteiger partial charge in [-0.25, -0.2) is 0 Å².